The molecule has 2 rings (SSSR count). The number of ether oxygens (including phenoxy) is 1. The van der Waals surface area contributed by atoms with Gasteiger partial charge in [0.1, 0.15) is 0 Å². The molecule has 0 saturated heterocycles. The lowest BCUT2D eigenvalue weighted by molar-refractivity contribution is 0.0977. The topological polar surface area (TPSA) is 41.8 Å². The first-order valence-electron chi connectivity index (χ1n) is 7.70. The number of rotatable bonds is 7. The van der Waals surface area contributed by atoms with E-state index in [-0.39, 0.29) is 6.61 Å². The van der Waals surface area contributed by atoms with Crippen LogP contribution in [0.15, 0.2) is 35.3 Å². The number of nitrogens with zero attached hydrogens (tertiary/aromatic N) is 1. The molecule has 1 aliphatic carbocycles. The standard InChI is InChI=1S/C17H25NO2/c19-12-14-20-13-11-18-17(15-7-3-1-4-8-15)16-9-5-2-6-10-16/h1,3-4,7-8,16,19H,2,5-6,9-14H2. The van der Waals surface area contributed by atoms with E-state index in [1.54, 1.807) is 0 Å². The van der Waals surface area contributed by atoms with Gasteiger partial charge >= 0.3 is 0 Å². The third-order valence-corrected chi connectivity index (χ3v) is 3.81. The predicted octanol–water partition coefficient (Wildman–Crippen LogP) is 3.06. The number of aliphatic imine (C=N–C) groups is 1. The Balaban J connectivity index is 2.01. The van der Waals surface area contributed by atoms with Gasteiger partial charge < -0.3 is 9.84 Å². The van der Waals surface area contributed by atoms with Gasteiger partial charge in [0.05, 0.1) is 26.4 Å². The highest BCUT2D eigenvalue weighted by Gasteiger charge is 2.20. The molecule has 1 aromatic carbocycles. The van der Waals surface area contributed by atoms with Gasteiger partial charge in [0.2, 0.25) is 0 Å². The van der Waals surface area contributed by atoms with Gasteiger partial charge in [-0.25, -0.2) is 0 Å². The largest absolute Gasteiger partial charge is 0.394 e. The number of aliphatic hydroxyl groups is 1. The van der Waals surface area contributed by atoms with Gasteiger partial charge in [-0.3, -0.25) is 4.99 Å². The molecule has 20 heavy (non-hydrogen) atoms. The summed E-state index contributed by atoms with van der Waals surface area (Å²) in [4.78, 5) is 4.80. The van der Waals surface area contributed by atoms with E-state index in [4.69, 9.17) is 14.8 Å². The highest BCUT2D eigenvalue weighted by Crippen LogP contribution is 2.27. The van der Waals surface area contributed by atoms with Crippen LogP contribution in [0.4, 0.5) is 0 Å². The predicted molar refractivity (Wildman–Crippen MR) is 82.3 cm³/mol. The summed E-state index contributed by atoms with van der Waals surface area (Å²) in [6, 6.07) is 10.5. The molecule has 1 saturated carbocycles. The molecule has 3 nitrogen and oxygen atoms in total. The van der Waals surface area contributed by atoms with Crippen molar-refractivity contribution in [2.45, 2.75) is 32.1 Å². The number of benzene rings is 1. The van der Waals surface area contributed by atoms with Crippen LogP contribution in [0.1, 0.15) is 37.7 Å². The van der Waals surface area contributed by atoms with Crippen LogP contribution >= 0.6 is 0 Å². The molecule has 0 atom stereocenters. The van der Waals surface area contributed by atoms with Gasteiger partial charge in [0, 0.05) is 11.6 Å². The molecule has 0 unspecified atom stereocenters. The van der Waals surface area contributed by atoms with E-state index in [0.717, 1.165) is 0 Å². The molecule has 1 fully saturated rings. The Hall–Kier alpha value is -1.19. The third-order valence-electron chi connectivity index (χ3n) is 3.81. The normalized spacial score (nSPS) is 17.4. The fourth-order valence-electron chi connectivity index (χ4n) is 2.84. The van der Waals surface area contributed by atoms with E-state index in [0.29, 0.717) is 25.7 Å². The maximum atomic E-state index is 8.70. The molecule has 0 spiro atoms. The first kappa shape index (κ1) is 15.2. The zero-order valence-electron chi connectivity index (χ0n) is 12.1. The molecule has 0 amide bonds. The molecule has 3 heteroatoms. The van der Waals surface area contributed by atoms with Crippen LogP contribution in [-0.2, 0) is 4.74 Å². The zero-order valence-corrected chi connectivity index (χ0v) is 12.1. The molecule has 0 bridgehead atoms. The fourth-order valence-corrected chi connectivity index (χ4v) is 2.84. The highest BCUT2D eigenvalue weighted by molar-refractivity contribution is 6.02. The molecular formula is C17H25NO2. The summed E-state index contributed by atoms with van der Waals surface area (Å²) in [5.74, 6) is 0.601. The Morgan fingerprint density at radius 3 is 2.55 bits per heavy atom. The van der Waals surface area contributed by atoms with Crippen LogP contribution in [0.2, 0.25) is 0 Å². The van der Waals surface area contributed by atoms with Crippen LogP contribution in [0.5, 0.6) is 0 Å². The summed E-state index contributed by atoms with van der Waals surface area (Å²) in [5.41, 5.74) is 2.50. The maximum Gasteiger partial charge on any atom is 0.0698 e. The highest BCUT2D eigenvalue weighted by atomic mass is 16.5. The van der Waals surface area contributed by atoms with E-state index in [1.165, 1.54) is 43.4 Å². The Bertz CT molecular complexity index is 397. The van der Waals surface area contributed by atoms with Crippen LogP contribution in [0.3, 0.4) is 0 Å². The van der Waals surface area contributed by atoms with E-state index < -0.39 is 0 Å². The maximum absolute atomic E-state index is 8.70. The molecule has 0 radical (unpaired) electrons. The Labute approximate surface area is 121 Å². The fraction of sp³-hybridized carbons (Fsp3) is 0.588. The summed E-state index contributed by atoms with van der Waals surface area (Å²) < 4.78 is 5.30. The number of hydrogen-bond donors (Lipinski definition) is 1. The summed E-state index contributed by atoms with van der Waals surface area (Å²) in [7, 11) is 0. The molecule has 1 aromatic rings. The smallest absolute Gasteiger partial charge is 0.0698 e. The van der Waals surface area contributed by atoms with Gasteiger partial charge in [-0.2, -0.15) is 0 Å². The summed E-state index contributed by atoms with van der Waals surface area (Å²) in [6.45, 7) is 1.75. The second-order valence-corrected chi connectivity index (χ2v) is 5.30. The number of hydrogen-bond acceptors (Lipinski definition) is 3. The first-order valence-corrected chi connectivity index (χ1v) is 7.70. The minimum atomic E-state index is 0.0812. The molecule has 0 aliphatic heterocycles. The van der Waals surface area contributed by atoms with E-state index >= 15 is 0 Å². The van der Waals surface area contributed by atoms with Crippen molar-refractivity contribution in [3.05, 3.63) is 35.9 Å². The van der Waals surface area contributed by atoms with Crippen molar-refractivity contribution < 1.29 is 9.84 Å². The van der Waals surface area contributed by atoms with Crippen molar-refractivity contribution in [2.24, 2.45) is 10.9 Å². The zero-order chi connectivity index (χ0) is 14.0. The van der Waals surface area contributed by atoms with Crippen molar-refractivity contribution in [3.8, 4) is 0 Å². The Morgan fingerprint density at radius 1 is 1.10 bits per heavy atom. The van der Waals surface area contributed by atoms with Crippen molar-refractivity contribution >= 4 is 5.71 Å². The lowest BCUT2D eigenvalue weighted by atomic mass is 9.83. The third kappa shape index (κ3) is 4.73. The quantitative estimate of drug-likeness (QED) is 0.614. The van der Waals surface area contributed by atoms with E-state index in [2.05, 4.69) is 24.3 Å². The van der Waals surface area contributed by atoms with Crippen molar-refractivity contribution in [1.82, 2.24) is 0 Å². The summed E-state index contributed by atoms with van der Waals surface area (Å²) in [6.07, 6.45) is 6.50. The first-order chi connectivity index (χ1) is 9.92. The SMILES string of the molecule is OCCOCCN=C(c1ccccc1)C1CCCCC1. The van der Waals surface area contributed by atoms with Crippen LogP contribution in [0.25, 0.3) is 0 Å². The second-order valence-electron chi connectivity index (χ2n) is 5.30. The molecule has 0 aromatic heterocycles. The van der Waals surface area contributed by atoms with Crippen LogP contribution < -0.4 is 0 Å². The molecule has 0 heterocycles. The average Bonchev–Trinajstić information content (AvgIpc) is 2.53. The molecule has 1 aliphatic rings. The molecule has 1 N–H and O–H groups in total. The Morgan fingerprint density at radius 2 is 1.85 bits per heavy atom. The summed E-state index contributed by atoms with van der Waals surface area (Å²) >= 11 is 0. The lowest BCUT2D eigenvalue weighted by Crippen LogP contribution is -2.20. The number of aliphatic hydroxyl groups excluding tert-OH is 1. The van der Waals surface area contributed by atoms with Crippen molar-refractivity contribution in [1.29, 1.82) is 0 Å². The van der Waals surface area contributed by atoms with Crippen molar-refractivity contribution in [3.63, 3.8) is 0 Å². The Kier molecular flexibility index (Phi) is 6.75. The van der Waals surface area contributed by atoms with E-state index in [1.807, 2.05) is 6.07 Å². The van der Waals surface area contributed by atoms with E-state index in [9.17, 15) is 0 Å². The van der Waals surface area contributed by atoms with Crippen LogP contribution in [0, 0.1) is 5.92 Å². The van der Waals surface area contributed by atoms with Gasteiger partial charge in [-0.05, 0) is 18.4 Å². The van der Waals surface area contributed by atoms with Gasteiger partial charge in [0.25, 0.3) is 0 Å². The monoisotopic (exact) mass is 275 g/mol. The minimum Gasteiger partial charge on any atom is -0.394 e. The van der Waals surface area contributed by atoms with Gasteiger partial charge in [-0.1, -0.05) is 49.6 Å². The average molecular weight is 275 g/mol. The van der Waals surface area contributed by atoms with Gasteiger partial charge in [0.15, 0.2) is 0 Å². The summed E-state index contributed by atoms with van der Waals surface area (Å²) in [5, 5.41) is 8.70. The van der Waals surface area contributed by atoms with Gasteiger partial charge in [-0.15, -0.1) is 0 Å². The second kappa shape index (κ2) is 8.88. The van der Waals surface area contributed by atoms with Crippen molar-refractivity contribution in [2.75, 3.05) is 26.4 Å². The molecular weight excluding hydrogens is 250 g/mol. The lowest BCUT2D eigenvalue weighted by Gasteiger charge is -2.24. The molecule has 110 valence electrons. The minimum absolute atomic E-state index is 0.0812. The van der Waals surface area contributed by atoms with Crippen LogP contribution in [-0.4, -0.2) is 37.2 Å².